The zero-order valence-electron chi connectivity index (χ0n) is 12.5. The lowest BCUT2D eigenvalue weighted by molar-refractivity contribution is -0.140. The number of amides is 1. The Morgan fingerprint density at radius 1 is 1.33 bits per heavy atom. The molecule has 0 saturated heterocycles. The molecule has 1 aromatic rings. The Morgan fingerprint density at radius 2 is 2.05 bits per heavy atom. The Labute approximate surface area is 124 Å². The highest BCUT2D eigenvalue weighted by atomic mass is 16.4. The second kappa shape index (κ2) is 6.12. The molecule has 21 heavy (non-hydrogen) atoms. The number of benzene rings is 1. The van der Waals surface area contributed by atoms with E-state index in [-0.39, 0.29) is 12.3 Å². The maximum absolute atomic E-state index is 12.0. The zero-order chi connectivity index (χ0) is 15.5. The largest absolute Gasteiger partial charge is 0.481 e. The Bertz CT molecular complexity index is 586. The van der Waals surface area contributed by atoms with E-state index >= 15 is 0 Å². The van der Waals surface area contributed by atoms with E-state index in [0.29, 0.717) is 0 Å². The molecular formula is C17H21NO3. The van der Waals surface area contributed by atoms with E-state index in [4.69, 9.17) is 5.11 Å². The van der Waals surface area contributed by atoms with E-state index in [1.807, 2.05) is 26.0 Å². The maximum Gasteiger partial charge on any atom is 0.305 e. The molecule has 1 saturated carbocycles. The van der Waals surface area contributed by atoms with E-state index in [0.717, 1.165) is 30.4 Å². The Hall–Kier alpha value is -2.10. The van der Waals surface area contributed by atoms with E-state index in [1.54, 1.807) is 6.08 Å². The van der Waals surface area contributed by atoms with E-state index in [1.165, 1.54) is 11.6 Å². The second-order valence-corrected chi connectivity index (χ2v) is 5.89. The highest BCUT2D eigenvalue weighted by Crippen LogP contribution is 2.34. The van der Waals surface area contributed by atoms with Gasteiger partial charge in [0, 0.05) is 6.08 Å². The number of carbonyl (C=O) groups is 2. The first-order valence-electron chi connectivity index (χ1n) is 7.19. The SMILES string of the molecule is Cc1ccc(C=CC(=O)NC2(CC(=O)O)CCC2)c(C)c1. The van der Waals surface area contributed by atoms with Gasteiger partial charge in [0.05, 0.1) is 12.0 Å². The lowest BCUT2D eigenvalue weighted by Gasteiger charge is -2.41. The number of carboxylic acid groups (broad SMARTS) is 1. The van der Waals surface area contributed by atoms with Crippen LogP contribution < -0.4 is 5.32 Å². The van der Waals surface area contributed by atoms with Crippen molar-refractivity contribution < 1.29 is 14.7 Å². The average Bonchev–Trinajstić information content (AvgIpc) is 2.34. The normalized spacial score (nSPS) is 16.5. The van der Waals surface area contributed by atoms with Crippen LogP contribution in [0.3, 0.4) is 0 Å². The monoisotopic (exact) mass is 287 g/mol. The number of nitrogens with one attached hydrogen (secondary N) is 1. The lowest BCUT2D eigenvalue weighted by Crippen LogP contribution is -2.54. The molecule has 1 aliphatic carbocycles. The molecule has 1 amide bonds. The van der Waals surface area contributed by atoms with Crippen LogP contribution in [0.1, 0.15) is 42.4 Å². The fourth-order valence-corrected chi connectivity index (χ4v) is 2.72. The van der Waals surface area contributed by atoms with E-state index < -0.39 is 11.5 Å². The summed E-state index contributed by atoms with van der Waals surface area (Å²) in [5, 5.41) is 11.8. The van der Waals surface area contributed by atoms with Gasteiger partial charge in [-0.1, -0.05) is 23.8 Å². The van der Waals surface area contributed by atoms with Crippen molar-refractivity contribution in [1.82, 2.24) is 5.32 Å². The summed E-state index contributed by atoms with van der Waals surface area (Å²) in [5.41, 5.74) is 2.75. The van der Waals surface area contributed by atoms with Crippen molar-refractivity contribution in [1.29, 1.82) is 0 Å². The van der Waals surface area contributed by atoms with Gasteiger partial charge in [0.2, 0.25) is 5.91 Å². The highest BCUT2D eigenvalue weighted by molar-refractivity contribution is 5.92. The van der Waals surface area contributed by atoms with Crippen molar-refractivity contribution in [3.63, 3.8) is 0 Å². The van der Waals surface area contributed by atoms with Gasteiger partial charge in [-0.15, -0.1) is 0 Å². The van der Waals surface area contributed by atoms with Crippen LogP contribution in [0, 0.1) is 13.8 Å². The van der Waals surface area contributed by atoms with Crippen molar-refractivity contribution in [2.24, 2.45) is 0 Å². The van der Waals surface area contributed by atoms with Crippen LogP contribution in [-0.4, -0.2) is 22.5 Å². The molecule has 0 spiro atoms. The van der Waals surface area contributed by atoms with Gasteiger partial charge in [-0.05, 0) is 50.3 Å². The van der Waals surface area contributed by atoms with Gasteiger partial charge < -0.3 is 10.4 Å². The molecule has 2 rings (SSSR count). The van der Waals surface area contributed by atoms with Gasteiger partial charge >= 0.3 is 5.97 Å². The Morgan fingerprint density at radius 3 is 2.57 bits per heavy atom. The number of rotatable bonds is 5. The first kappa shape index (κ1) is 15.3. The highest BCUT2D eigenvalue weighted by Gasteiger charge is 2.39. The predicted molar refractivity (Wildman–Crippen MR) is 81.9 cm³/mol. The standard InChI is InChI=1S/C17H21NO3/c1-12-4-5-14(13(2)10-12)6-7-15(19)18-17(8-3-9-17)11-16(20)21/h4-7,10H,3,8-9,11H2,1-2H3,(H,18,19)(H,20,21). The zero-order valence-corrected chi connectivity index (χ0v) is 12.5. The van der Waals surface area contributed by atoms with Crippen LogP contribution >= 0.6 is 0 Å². The third-order valence-corrected chi connectivity index (χ3v) is 4.03. The summed E-state index contributed by atoms with van der Waals surface area (Å²) >= 11 is 0. The van der Waals surface area contributed by atoms with Gasteiger partial charge in [0.1, 0.15) is 0 Å². The number of carboxylic acids is 1. The Kier molecular flexibility index (Phi) is 4.46. The summed E-state index contributed by atoms with van der Waals surface area (Å²) in [6.07, 6.45) is 5.70. The molecule has 0 atom stereocenters. The van der Waals surface area contributed by atoms with Crippen molar-refractivity contribution in [2.45, 2.75) is 45.1 Å². The minimum absolute atomic E-state index is 0.00383. The van der Waals surface area contributed by atoms with Crippen LogP contribution in [0.5, 0.6) is 0 Å². The predicted octanol–water partition coefficient (Wildman–Crippen LogP) is 2.83. The summed E-state index contributed by atoms with van der Waals surface area (Å²) in [7, 11) is 0. The minimum atomic E-state index is -0.867. The number of carbonyl (C=O) groups excluding carboxylic acids is 1. The summed E-state index contributed by atoms with van der Waals surface area (Å²) in [5.74, 6) is -1.09. The quantitative estimate of drug-likeness (QED) is 0.818. The fourth-order valence-electron chi connectivity index (χ4n) is 2.72. The lowest BCUT2D eigenvalue weighted by atomic mass is 9.74. The molecule has 0 unspecified atom stereocenters. The van der Waals surface area contributed by atoms with Crippen molar-refractivity contribution in [3.05, 3.63) is 41.0 Å². The van der Waals surface area contributed by atoms with Gasteiger partial charge in [-0.25, -0.2) is 0 Å². The maximum atomic E-state index is 12.0. The summed E-state index contributed by atoms with van der Waals surface area (Å²) in [4.78, 5) is 22.9. The molecule has 4 heteroatoms. The number of aliphatic carboxylic acids is 1. The summed E-state index contributed by atoms with van der Waals surface area (Å²) < 4.78 is 0. The molecule has 1 aliphatic rings. The molecule has 112 valence electrons. The topological polar surface area (TPSA) is 66.4 Å². The van der Waals surface area contributed by atoms with Crippen molar-refractivity contribution >= 4 is 18.0 Å². The molecule has 4 nitrogen and oxygen atoms in total. The van der Waals surface area contributed by atoms with Gasteiger partial charge in [-0.2, -0.15) is 0 Å². The van der Waals surface area contributed by atoms with Crippen molar-refractivity contribution in [3.8, 4) is 0 Å². The summed E-state index contributed by atoms with van der Waals surface area (Å²) in [6.45, 7) is 4.03. The second-order valence-electron chi connectivity index (χ2n) is 5.89. The Balaban J connectivity index is 2.00. The molecule has 0 heterocycles. The van der Waals surface area contributed by atoms with Gasteiger partial charge in [-0.3, -0.25) is 9.59 Å². The minimum Gasteiger partial charge on any atom is -0.481 e. The summed E-state index contributed by atoms with van der Waals surface area (Å²) in [6, 6.07) is 6.04. The van der Waals surface area contributed by atoms with E-state index in [9.17, 15) is 9.59 Å². The first-order chi connectivity index (χ1) is 9.90. The molecule has 0 aromatic heterocycles. The molecule has 0 aliphatic heterocycles. The fraction of sp³-hybridized carbons (Fsp3) is 0.412. The van der Waals surface area contributed by atoms with Crippen molar-refractivity contribution in [2.75, 3.05) is 0 Å². The molecular weight excluding hydrogens is 266 g/mol. The van der Waals surface area contributed by atoms with Crippen LogP contribution in [-0.2, 0) is 9.59 Å². The third kappa shape index (κ3) is 3.94. The van der Waals surface area contributed by atoms with Crippen LogP contribution in [0.25, 0.3) is 6.08 Å². The molecule has 0 bridgehead atoms. The average molecular weight is 287 g/mol. The van der Waals surface area contributed by atoms with Gasteiger partial charge in [0.15, 0.2) is 0 Å². The molecule has 1 aromatic carbocycles. The molecule has 1 fully saturated rings. The van der Waals surface area contributed by atoms with E-state index in [2.05, 4.69) is 11.4 Å². The molecule has 0 radical (unpaired) electrons. The smallest absolute Gasteiger partial charge is 0.305 e. The van der Waals surface area contributed by atoms with Gasteiger partial charge in [0.25, 0.3) is 0 Å². The first-order valence-corrected chi connectivity index (χ1v) is 7.19. The van der Waals surface area contributed by atoms with Crippen LogP contribution in [0.2, 0.25) is 0 Å². The third-order valence-electron chi connectivity index (χ3n) is 4.03. The van der Waals surface area contributed by atoms with Crippen LogP contribution in [0.4, 0.5) is 0 Å². The number of aryl methyl sites for hydroxylation is 2. The molecule has 2 N–H and O–H groups in total. The van der Waals surface area contributed by atoms with Crippen LogP contribution in [0.15, 0.2) is 24.3 Å². The number of hydrogen-bond donors (Lipinski definition) is 2. The number of hydrogen-bond acceptors (Lipinski definition) is 2.